The van der Waals surface area contributed by atoms with E-state index in [1.54, 1.807) is 6.07 Å². The van der Waals surface area contributed by atoms with Gasteiger partial charge in [0.15, 0.2) is 0 Å². The Labute approximate surface area is 93.7 Å². The van der Waals surface area contributed by atoms with Crippen LogP contribution in [0.25, 0.3) is 10.9 Å². The van der Waals surface area contributed by atoms with E-state index in [1.165, 1.54) is 6.07 Å². The van der Waals surface area contributed by atoms with Gasteiger partial charge in [0.2, 0.25) is 0 Å². The van der Waals surface area contributed by atoms with Crippen LogP contribution < -0.4 is 0 Å². The van der Waals surface area contributed by atoms with Crippen molar-refractivity contribution in [1.29, 1.82) is 0 Å². The molecule has 0 aliphatic heterocycles. The molecule has 0 aliphatic carbocycles. The molecule has 84 valence electrons. The lowest BCUT2D eigenvalue weighted by molar-refractivity contribution is -0.107. The fourth-order valence-electron chi connectivity index (χ4n) is 2.02. The summed E-state index contributed by atoms with van der Waals surface area (Å²) >= 11 is 0. The van der Waals surface area contributed by atoms with Gasteiger partial charge in [0, 0.05) is 24.0 Å². The van der Waals surface area contributed by atoms with Crippen LogP contribution in [0.1, 0.15) is 25.5 Å². The van der Waals surface area contributed by atoms with Crippen LogP contribution in [0.2, 0.25) is 0 Å². The Morgan fingerprint density at radius 1 is 1.44 bits per heavy atom. The van der Waals surface area contributed by atoms with Crippen molar-refractivity contribution in [3.63, 3.8) is 0 Å². The van der Waals surface area contributed by atoms with Gasteiger partial charge in [-0.15, -0.1) is 0 Å². The van der Waals surface area contributed by atoms with Gasteiger partial charge in [-0.25, -0.2) is 4.39 Å². The average molecular weight is 219 g/mol. The van der Waals surface area contributed by atoms with Gasteiger partial charge in [-0.05, 0) is 31.5 Å². The highest BCUT2D eigenvalue weighted by atomic mass is 19.1. The normalized spacial score (nSPS) is 11.2. The number of nitrogens with zero attached hydrogens (tertiary/aromatic N) is 1. The molecule has 0 unspecified atom stereocenters. The zero-order chi connectivity index (χ0) is 11.7. The van der Waals surface area contributed by atoms with E-state index in [9.17, 15) is 9.18 Å². The second kappa shape index (κ2) is 4.08. The van der Waals surface area contributed by atoms with Crippen molar-refractivity contribution in [3.8, 4) is 0 Å². The molecule has 0 atom stereocenters. The molecule has 0 aliphatic rings. The second-order valence-corrected chi connectivity index (χ2v) is 4.16. The zero-order valence-electron chi connectivity index (χ0n) is 9.40. The molecule has 2 rings (SSSR count). The number of carbonyl (C=O) groups excluding carboxylic acids is 1. The van der Waals surface area contributed by atoms with Crippen LogP contribution >= 0.6 is 0 Å². The number of fused-ring (bicyclic) bond motifs is 1. The second-order valence-electron chi connectivity index (χ2n) is 4.16. The maximum Gasteiger partial charge on any atom is 0.132 e. The lowest BCUT2D eigenvalue weighted by Crippen LogP contribution is -1.97. The molecule has 1 aromatic heterocycles. The highest BCUT2D eigenvalue weighted by Crippen LogP contribution is 2.27. The molecular formula is C13H14FNO. The Kier molecular flexibility index (Phi) is 2.77. The highest BCUT2D eigenvalue weighted by molar-refractivity contribution is 5.86. The van der Waals surface area contributed by atoms with Gasteiger partial charge in [-0.3, -0.25) is 0 Å². The van der Waals surface area contributed by atoms with E-state index >= 15 is 0 Å². The predicted molar refractivity (Wildman–Crippen MR) is 62.0 cm³/mol. The van der Waals surface area contributed by atoms with Gasteiger partial charge < -0.3 is 9.36 Å². The number of halogens is 1. The van der Waals surface area contributed by atoms with Gasteiger partial charge in [0.1, 0.15) is 12.1 Å². The summed E-state index contributed by atoms with van der Waals surface area (Å²) in [6.07, 6.45) is 2.94. The quantitative estimate of drug-likeness (QED) is 0.727. The van der Waals surface area contributed by atoms with E-state index in [0.29, 0.717) is 5.39 Å². The standard InChI is InChI=1S/C13H14FNO/c1-9(2)15-8-10(6-7-16)13-11(14)4-3-5-12(13)15/h3-5,7-9H,6H2,1-2H3. The molecule has 1 aromatic carbocycles. The summed E-state index contributed by atoms with van der Waals surface area (Å²) in [5.41, 5.74) is 1.61. The average Bonchev–Trinajstić information content (AvgIpc) is 2.59. The first kappa shape index (κ1) is 10.9. The first-order valence-corrected chi connectivity index (χ1v) is 5.36. The summed E-state index contributed by atoms with van der Waals surface area (Å²) in [7, 11) is 0. The Balaban J connectivity index is 2.76. The third-order valence-electron chi connectivity index (χ3n) is 2.75. The molecule has 0 saturated carbocycles. The molecule has 0 saturated heterocycles. The minimum absolute atomic E-state index is 0.254. The Morgan fingerprint density at radius 3 is 2.81 bits per heavy atom. The van der Waals surface area contributed by atoms with Crippen LogP contribution in [-0.2, 0) is 11.2 Å². The van der Waals surface area contributed by atoms with Crippen molar-refractivity contribution < 1.29 is 9.18 Å². The summed E-state index contributed by atoms with van der Waals surface area (Å²) in [5.74, 6) is -0.256. The minimum atomic E-state index is -0.256. The lowest BCUT2D eigenvalue weighted by Gasteiger charge is -2.08. The van der Waals surface area contributed by atoms with Crippen molar-refractivity contribution in [3.05, 3.63) is 35.8 Å². The van der Waals surface area contributed by atoms with E-state index in [4.69, 9.17) is 0 Å². The number of hydrogen-bond donors (Lipinski definition) is 0. The maximum absolute atomic E-state index is 13.7. The summed E-state index contributed by atoms with van der Waals surface area (Å²) in [6, 6.07) is 5.26. The number of aromatic nitrogens is 1. The molecule has 16 heavy (non-hydrogen) atoms. The largest absolute Gasteiger partial charge is 0.345 e. The van der Waals surface area contributed by atoms with Crippen molar-refractivity contribution in [2.45, 2.75) is 26.3 Å². The highest BCUT2D eigenvalue weighted by Gasteiger charge is 2.13. The zero-order valence-corrected chi connectivity index (χ0v) is 9.40. The lowest BCUT2D eigenvalue weighted by atomic mass is 10.1. The van der Waals surface area contributed by atoms with Crippen LogP contribution in [0.3, 0.4) is 0 Å². The topological polar surface area (TPSA) is 22.0 Å². The fourth-order valence-corrected chi connectivity index (χ4v) is 2.02. The van der Waals surface area contributed by atoms with E-state index in [1.807, 2.05) is 30.7 Å². The van der Waals surface area contributed by atoms with Crippen LogP contribution in [0.4, 0.5) is 4.39 Å². The van der Waals surface area contributed by atoms with Crippen molar-refractivity contribution in [2.75, 3.05) is 0 Å². The first-order chi connectivity index (χ1) is 7.65. The maximum atomic E-state index is 13.7. The minimum Gasteiger partial charge on any atom is -0.345 e. The van der Waals surface area contributed by atoms with Crippen molar-refractivity contribution >= 4 is 17.2 Å². The van der Waals surface area contributed by atoms with Crippen molar-refractivity contribution in [1.82, 2.24) is 4.57 Å². The van der Waals surface area contributed by atoms with E-state index in [2.05, 4.69) is 0 Å². The molecule has 0 spiro atoms. The molecule has 0 fully saturated rings. The number of carbonyl (C=O) groups is 1. The van der Waals surface area contributed by atoms with Crippen LogP contribution in [-0.4, -0.2) is 10.9 Å². The predicted octanol–water partition coefficient (Wildman–Crippen LogP) is 3.10. The summed E-state index contributed by atoms with van der Waals surface area (Å²) in [5, 5.41) is 0.573. The molecule has 2 aromatic rings. The Bertz CT molecular complexity index is 528. The molecule has 1 heterocycles. The SMILES string of the molecule is CC(C)n1cc(CC=O)c2c(F)cccc21. The van der Waals surface area contributed by atoms with Gasteiger partial charge in [0.25, 0.3) is 0 Å². The summed E-state index contributed by atoms with van der Waals surface area (Å²) in [6.45, 7) is 4.07. The van der Waals surface area contributed by atoms with Crippen LogP contribution in [0.5, 0.6) is 0 Å². The van der Waals surface area contributed by atoms with E-state index in [-0.39, 0.29) is 18.3 Å². The van der Waals surface area contributed by atoms with Gasteiger partial charge in [-0.2, -0.15) is 0 Å². The number of hydrogen-bond acceptors (Lipinski definition) is 1. The van der Waals surface area contributed by atoms with Crippen molar-refractivity contribution in [2.24, 2.45) is 0 Å². The molecule has 3 heteroatoms. The Morgan fingerprint density at radius 2 is 2.19 bits per heavy atom. The van der Waals surface area contributed by atoms with Gasteiger partial charge >= 0.3 is 0 Å². The Hall–Kier alpha value is -1.64. The molecule has 0 bridgehead atoms. The summed E-state index contributed by atoms with van der Waals surface area (Å²) in [4.78, 5) is 10.6. The molecular weight excluding hydrogens is 205 g/mol. The third kappa shape index (κ3) is 1.62. The first-order valence-electron chi connectivity index (χ1n) is 5.36. The smallest absolute Gasteiger partial charge is 0.132 e. The third-order valence-corrected chi connectivity index (χ3v) is 2.75. The van der Waals surface area contributed by atoms with Crippen LogP contribution in [0.15, 0.2) is 24.4 Å². The van der Waals surface area contributed by atoms with E-state index in [0.717, 1.165) is 17.4 Å². The van der Waals surface area contributed by atoms with Gasteiger partial charge in [-0.1, -0.05) is 6.07 Å². The fraction of sp³-hybridized carbons (Fsp3) is 0.308. The number of benzene rings is 1. The van der Waals surface area contributed by atoms with Gasteiger partial charge in [0.05, 0.1) is 5.52 Å². The monoisotopic (exact) mass is 219 g/mol. The molecule has 0 N–H and O–H groups in total. The molecule has 0 radical (unpaired) electrons. The van der Waals surface area contributed by atoms with Crippen LogP contribution in [0, 0.1) is 5.82 Å². The number of aldehydes is 1. The molecule has 2 nitrogen and oxygen atoms in total. The molecule has 0 amide bonds. The number of rotatable bonds is 3. The summed E-state index contributed by atoms with van der Waals surface area (Å²) < 4.78 is 15.7. The van der Waals surface area contributed by atoms with E-state index < -0.39 is 0 Å².